The van der Waals surface area contributed by atoms with E-state index in [1.54, 1.807) is 6.07 Å². The van der Waals surface area contributed by atoms with Crippen molar-refractivity contribution in [1.82, 2.24) is 0 Å². The van der Waals surface area contributed by atoms with Gasteiger partial charge in [0.15, 0.2) is 54.6 Å². The maximum Gasteiger partial charge on any atom is 0.303 e. The summed E-state index contributed by atoms with van der Waals surface area (Å²) in [6, 6.07) is 5.84. The highest BCUT2D eigenvalue weighted by atomic mass is 32.1. The van der Waals surface area contributed by atoms with Gasteiger partial charge in [-0.25, -0.2) is 8.78 Å². The number of Topliss-reactive ketones (excluding diaryl/α,β-unsaturated/α-hetero) is 2. The minimum Gasteiger partial charge on any atom is -0.493 e. The summed E-state index contributed by atoms with van der Waals surface area (Å²) < 4.78 is 53.5. The van der Waals surface area contributed by atoms with Gasteiger partial charge in [-0.3, -0.25) is 14.4 Å². The Morgan fingerprint density at radius 1 is 0.767 bits per heavy atom. The highest BCUT2D eigenvalue weighted by molar-refractivity contribution is 7.45. The van der Waals surface area contributed by atoms with Crippen molar-refractivity contribution in [3.05, 3.63) is 45.7 Å². The Morgan fingerprint density at radius 3 is 1.65 bits per heavy atom. The molecule has 4 aromatic rings. The van der Waals surface area contributed by atoms with Gasteiger partial charge in [-0.05, 0) is 12.1 Å². The zero-order valence-corrected chi connectivity index (χ0v) is 25.5. The van der Waals surface area contributed by atoms with Crippen LogP contribution in [0.15, 0.2) is 24.3 Å². The fraction of sp³-hybridized carbons (Fsp3) is 0.321. The smallest absolute Gasteiger partial charge is 0.303 e. The molecule has 0 aliphatic rings. The summed E-state index contributed by atoms with van der Waals surface area (Å²) >= 11 is 2.09. The third kappa shape index (κ3) is 7.57. The molecule has 0 aliphatic carbocycles. The van der Waals surface area contributed by atoms with Crippen LogP contribution in [-0.4, -0.2) is 66.0 Å². The van der Waals surface area contributed by atoms with Gasteiger partial charge in [0.2, 0.25) is 0 Å². The summed E-state index contributed by atoms with van der Waals surface area (Å²) in [5.41, 5.74) is 0. The quantitative estimate of drug-likeness (QED) is 0.0726. The van der Waals surface area contributed by atoms with Crippen molar-refractivity contribution >= 4 is 68.8 Å². The van der Waals surface area contributed by atoms with E-state index in [-0.39, 0.29) is 94.4 Å². The number of fused-ring (bicyclic) bond motifs is 2. The van der Waals surface area contributed by atoms with E-state index >= 15 is 8.78 Å². The first-order valence-electron chi connectivity index (χ1n) is 12.8. The van der Waals surface area contributed by atoms with E-state index in [9.17, 15) is 14.4 Å². The fourth-order valence-electron chi connectivity index (χ4n) is 4.12. The third-order valence-electron chi connectivity index (χ3n) is 6.24. The number of ether oxygens (including phenoxy) is 4. The first-order chi connectivity index (χ1) is 20.5. The Labute approximate surface area is 253 Å². The molecule has 0 radical (unpaired) electrons. The number of carboxylic acids is 1. The maximum absolute atomic E-state index is 15.4. The Morgan fingerprint density at radius 2 is 1.23 bits per heavy atom. The first kappa shape index (κ1) is 32.5. The van der Waals surface area contributed by atoms with Gasteiger partial charge in [0.1, 0.15) is 0 Å². The number of carbonyl (C=O) groups is 3. The van der Waals surface area contributed by atoms with Crippen LogP contribution in [0.4, 0.5) is 8.78 Å². The first-order valence-corrected chi connectivity index (χ1v) is 15.9. The maximum atomic E-state index is 15.4. The topological polar surface area (TPSA) is 149 Å². The summed E-state index contributed by atoms with van der Waals surface area (Å²) in [4.78, 5) is 54.1. The largest absolute Gasteiger partial charge is 0.493 e. The fourth-order valence-corrected chi connectivity index (χ4v) is 6.63. The molecule has 43 heavy (non-hydrogen) atoms. The number of hydrogen-bond donors (Lipinski definition) is 3. The summed E-state index contributed by atoms with van der Waals surface area (Å²) in [6.45, 7) is -0.0625. The van der Waals surface area contributed by atoms with E-state index in [4.69, 9.17) is 33.8 Å². The van der Waals surface area contributed by atoms with E-state index in [0.717, 1.165) is 22.7 Å². The number of thiophene rings is 2. The van der Waals surface area contributed by atoms with E-state index in [1.807, 2.05) is 0 Å². The van der Waals surface area contributed by atoms with Gasteiger partial charge in [0.25, 0.3) is 0 Å². The van der Waals surface area contributed by atoms with Crippen LogP contribution < -0.4 is 18.9 Å². The molecule has 10 nitrogen and oxygen atoms in total. The molecule has 0 fully saturated rings. The lowest BCUT2D eigenvalue weighted by Crippen LogP contribution is -2.08. The summed E-state index contributed by atoms with van der Waals surface area (Å²) in [6.07, 6.45) is -0.473. The van der Waals surface area contributed by atoms with Gasteiger partial charge in [-0.15, -0.1) is 22.7 Å². The average molecular weight is 657 g/mol. The number of carbonyl (C=O) groups excluding carboxylic acids is 2. The van der Waals surface area contributed by atoms with Crippen molar-refractivity contribution < 1.29 is 57.0 Å². The zero-order valence-electron chi connectivity index (χ0n) is 23.0. The number of halogens is 2. The van der Waals surface area contributed by atoms with E-state index in [0.29, 0.717) is 9.40 Å². The number of hydrogen-bond acceptors (Lipinski definition) is 11. The minimum atomic E-state index is -2.21. The average Bonchev–Trinajstić information content (AvgIpc) is 3.61. The summed E-state index contributed by atoms with van der Waals surface area (Å²) in [7, 11) is 0.485. The number of carboxylic acid groups (broad SMARTS) is 1. The van der Waals surface area contributed by atoms with Gasteiger partial charge < -0.3 is 33.8 Å². The molecule has 0 saturated carbocycles. The molecule has 3 N–H and O–H groups in total. The van der Waals surface area contributed by atoms with Gasteiger partial charge in [-0.1, -0.05) is 0 Å². The van der Waals surface area contributed by atoms with Crippen LogP contribution in [-0.2, 0) is 4.79 Å². The molecule has 2 heterocycles. The number of ketones is 2. The number of rotatable bonds is 16. The Hall–Kier alpha value is -3.42. The molecule has 2 aromatic carbocycles. The molecule has 0 spiro atoms. The number of methoxy groups -OCH3 is 2. The monoisotopic (exact) mass is 656 g/mol. The van der Waals surface area contributed by atoms with Crippen LogP contribution in [0.25, 0.3) is 20.2 Å². The molecule has 0 atom stereocenters. The molecule has 0 unspecified atom stereocenters. The highest BCUT2D eigenvalue weighted by Crippen LogP contribution is 2.42. The Bertz CT molecular complexity index is 1670. The molecule has 0 amide bonds. The van der Waals surface area contributed by atoms with Gasteiger partial charge in [-0.2, -0.15) is 0 Å². The van der Waals surface area contributed by atoms with Crippen molar-refractivity contribution in [3.63, 3.8) is 0 Å². The normalized spacial score (nSPS) is 11.3. The van der Waals surface area contributed by atoms with Crippen molar-refractivity contribution in [2.24, 2.45) is 0 Å². The lowest BCUT2D eigenvalue weighted by Gasteiger charge is -2.14. The van der Waals surface area contributed by atoms with Crippen molar-refractivity contribution in [1.29, 1.82) is 0 Å². The molecule has 0 saturated heterocycles. The third-order valence-corrected chi connectivity index (χ3v) is 9.11. The zero-order chi connectivity index (χ0) is 31.3. The predicted molar refractivity (Wildman–Crippen MR) is 159 cm³/mol. The minimum absolute atomic E-state index is 0.0296. The lowest BCUT2D eigenvalue weighted by atomic mass is 10.1. The van der Waals surface area contributed by atoms with Gasteiger partial charge in [0, 0.05) is 57.7 Å². The second-order valence-electron chi connectivity index (χ2n) is 9.13. The second-order valence-corrected chi connectivity index (χ2v) is 12.5. The molecule has 0 bridgehead atoms. The van der Waals surface area contributed by atoms with Crippen molar-refractivity contribution in [2.75, 3.05) is 33.6 Å². The van der Waals surface area contributed by atoms with E-state index in [1.165, 1.54) is 32.4 Å². The standard InChI is InChI=1S/C28H27F2O10PS2/c1-37-18-12-20-14(10-22(42-20)16(31)4-5-24(33)34)25(29)27(18)39-7-3-8-40-28-19(38-2)13-21-15(26(28)30)11-23(43-21)17(32)6-9-41(35)36/h10-13,35-36H,3-9H2,1-2H3,(H,33,34). The Balaban J connectivity index is 1.43. The summed E-state index contributed by atoms with van der Waals surface area (Å²) in [5, 5.41) is 9.11. The molecule has 15 heteroatoms. The molecular weight excluding hydrogens is 629 g/mol. The van der Waals surface area contributed by atoms with Crippen molar-refractivity contribution in [3.8, 4) is 23.0 Å². The van der Waals surface area contributed by atoms with Crippen LogP contribution >= 0.6 is 31.0 Å². The molecule has 4 rings (SSSR count). The SMILES string of the molecule is COc1cc2sc(C(=O)CCC(=O)O)cc2c(F)c1OCCCOc1c(OC)cc2sc(C(=O)CCP(O)O)cc2c1F. The molecule has 230 valence electrons. The van der Waals surface area contributed by atoms with E-state index in [2.05, 4.69) is 0 Å². The van der Waals surface area contributed by atoms with Crippen LogP contribution in [0.2, 0.25) is 0 Å². The second kappa shape index (κ2) is 14.4. The molecular formula is C28H27F2O10PS2. The summed E-state index contributed by atoms with van der Waals surface area (Å²) in [5.74, 6) is -3.42. The van der Waals surface area contributed by atoms with Crippen LogP contribution in [0.5, 0.6) is 23.0 Å². The number of benzene rings is 2. The van der Waals surface area contributed by atoms with Crippen LogP contribution in [0.3, 0.4) is 0 Å². The lowest BCUT2D eigenvalue weighted by molar-refractivity contribution is -0.136. The predicted octanol–water partition coefficient (Wildman–Crippen LogP) is 6.18. The number of aliphatic carboxylic acids is 1. The highest BCUT2D eigenvalue weighted by Gasteiger charge is 2.22. The van der Waals surface area contributed by atoms with Gasteiger partial charge in [0.05, 0.1) is 43.6 Å². The molecule has 2 aromatic heterocycles. The van der Waals surface area contributed by atoms with Crippen molar-refractivity contribution in [2.45, 2.75) is 25.7 Å². The van der Waals surface area contributed by atoms with E-state index < -0.39 is 31.8 Å². The Kier molecular flexibility index (Phi) is 10.9. The molecule has 0 aliphatic heterocycles. The van der Waals surface area contributed by atoms with Gasteiger partial charge >= 0.3 is 5.97 Å². The van der Waals surface area contributed by atoms with Crippen LogP contribution in [0, 0.1) is 11.6 Å². The van der Waals surface area contributed by atoms with Crippen LogP contribution in [0.1, 0.15) is 45.0 Å².